The second-order valence-electron chi connectivity index (χ2n) is 8.17. The Bertz CT molecular complexity index is 1030. The van der Waals surface area contributed by atoms with Gasteiger partial charge in [-0.25, -0.2) is 5.01 Å². The lowest BCUT2D eigenvalue weighted by Crippen LogP contribution is -2.33. The molecular weight excluding hydrogens is 463 g/mol. The molecule has 9 heteroatoms. The van der Waals surface area contributed by atoms with Gasteiger partial charge >= 0.3 is 0 Å². The molecule has 1 aliphatic rings. The summed E-state index contributed by atoms with van der Waals surface area (Å²) in [5.74, 6) is 0. The number of thiophene rings is 1. The van der Waals surface area contributed by atoms with Crippen molar-refractivity contribution in [2.45, 2.75) is 46.0 Å². The van der Waals surface area contributed by atoms with Gasteiger partial charge in [-0.15, -0.1) is 11.3 Å². The topological polar surface area (TPSA) is 101 Å². The zero-order chi connectivity index (χ0) is 24.5. The Morgan fingerprint density at radius 2 is 1.97 bits per heavy atom. The fraction of sp³-hybridized carbons (Fsp3) is 0.440. The van der Waals surface area contributed by atoms with Gasteiger partial charge in [0, 0.05) is 30.8 Å². The number of hydrogen-bond acceptors (Lipinski definition) is 8. The van der Waals surface area contributed by atoms with E-state index in [1.54, 1.807) is 5.01 Å². The maximum absolute atomic E-state index is 11.5. The number of anilines is 3. The standard InChI is InChI=1S/C25H35N6OPS/c1-4-21(31(28-3)19-12-8-6-9-13-19)22(5-2)33(32)25-23(27)20(18-26)24(34-25)29-14-17-30-15-10-7-11-16-30/h6,8-9,12-13,29,32H,3-5,7,10-11,14-17,27H2,1-2H3/b22-21+. The number of para-hydroxylation sites is 1. The van der Waals surface area contributed by atoms with Gasteiger partial charge in [-0.1, -0.05) is 38.5 Å². The third-order valence-electron chi connectivity index (χ3n) is 6.05. The Labute approximate surface area is 208 Å². The van der Waals surface area contributed by atoms with Crippen molar-refractivity contribution >= 4 is 47.2 Å². The molecule has 2 aromatic rings. The van der Waals surface area contributed by atoms with Gasteiger partial charge in [0.2, 0.25) is 0 Å². The molecule has 0 bridgehead atoms. The summed E-state index contributed by atoms with van der Waals surface area (Å²) in [6.45, 7) is 11.8. The molecular formula is C25H35N6OPS. The number of hydrazone groups is 1. The minimum atomic E-state index is -1.72. The Morgan fingerprint density at radius 1 is 1.26 bits per heavy atom. The molecule has 0 saturated carbocycles. The first-order chi connectivity index (χ1) is 16.5. The summed E-state index contributed by atoms with van der Waals surface area (Å²) in [4.78, 5) is 14.0. The Morgan fingerprint density at radius 3 is 2.56 bits per heavy atom. The summed E-state index contributed by atoms with van der Waals surface area (Å²) in [5, 5.41) is 20.8. The van der Waals surface area contributed by atoms with Crippen LogP contribution in [0.25, 0.3) is 0 Å². The van der Waals surface area contributed by atoms with Crippen molar-refractivity contribution < 1.29 is 4.89 Å². The molecule has 1 saturated heterocycles. The number of nitrogens with one attached hydrogen (secondary N) is 1. The van der Waals surface area contributed by atoms with E-state index in [0.29, 0.717) is 28.7 Å². The van der Waals surface area contributed by atoms with Crippen LogP contribution < -0.4 is 20.7 Å². The summed E-state index contributed by atoms with van der Waals surface area (Å²) in [6.07, 6.45) is 5.12. The van der Waals surface area contributed by atoms with Crippen molar-refractivity contribution in [3.63, 3.8) is 0 Å². The average Bonchev–Trinajstić information content (AvgIpc) is 3.20. The van der Waals surface area contributed by atoms with Crippen LogP contribution in [0, 0.1) is 11.3 Å². The summed E-state index contributed by atoms with van der Waals surface area (Å²) in [7, 11) is -1.72. The molecule has 1 fully saturated rings. The normalized spacial score (nSPS) is 15.8. The number of piperidine rings is 1. The molecule has 0 amide bonds. The highest BCUT2D eigenvalue weighted by atomic mass is 32.1. The number of nitrogens with two attached hydrogens (primary N) is 1. The highest BCUT2D eigenvalue weighted by Gasteiger charge is 2.27. The first kappa shape index (κ1) is 26.2. The van der Waals surface area contributed by atoms with Crippen LogP contribution in [0.15, 0.2) is 46.4 Å². The van der Waals surface area contributed by atoms with E-state index in [-0.39, 0.29) is 0 Å². The van der Waals surface area contributed by atoms with Gasteiger partial charge < -0.3 is 20.8 Å². The third kappa shape index (κ3) is 5.97. The monoisotopic (exact) mass is 498 g/mol. The fourth-order valence-electron chi connectivity index (χ4n) is 4.30. The van der Waals surface area contributed by atoms with E-state index in [2.05, 4.69) is 28.1 Å². The van der Waals surface area contributed by atoms with Crippen molar-refractivity contribution in [1.82, 2.24) is 4.90 Å². The van der Waals surface area contributed by atoms with E-state index in [0.717, 1.165) is 47.9 Å². The molecule has 0 radical (unpaired) electrons. The van der Waals surface area contributed by atoms with Crippen molar-refractivity contribution in [1.29, 1.82) is 5.26 Å². The van der Waals surface area contributed by atoms with Gasteiger partial charge in [-0.2, -0.15) is 10.4 Å². The number of likely N-dealkylation sites (tertiary alicyclic amines) is 1. The minimum Gasteiger partial charge on any atom is -0.396 e. The Kier molecular flexibility index (Phi) is 9.91. The molecule has 34 heavy (non-hydrogen) atoms. The molecule has 4 N–H and O–H groups in total. The molecule has 2 heterocycles. The fourth-order valence-corrected chi connectivity index (χ4v) is 7.47. The van der Waals surface area contributed by atoms with Crippen LogP contribution in [-0.4, -0.2) is 42.7 Å². The minimum absolute atomic E-state index is 0.376. The Hall–Kier alpha value is -2.43. The first-order valence-electron chi connectivity index (χ1n) is 11.9. The van der Waals surface area contributed by atoms with E-state index < -0.39 is 8.15 Å². The van der Waals surface area contributed by atoms with Crippen LogP contribution in [0.4, 0.5) is 16.4 Å². The van der Waals surface area contributed by atoms with Gasteiger partial charge in [0.25, 0.3) is 0 Å². The molecule has 3 rings (SSSR count). The predicted molar refractivity (Wildman–Crippen MR) is 147 cm³/mol. The number of nitriles is 1. The van der Waals surface area contributed by atoms with Crippen LogP contribution in [0.3, 0.4) is 0 Å². The maximum atomic E-state index is 11.5. The Balaban J connectivity index is 1.87. The number of hydrogen-bond donors (Lipinski definition) is 3. The van der Waals surface area contributed by atoms with Gasteiger partial charge in [0.05, 0.1) is 24.1 Å². The second kappa shape index (κ2) is 12.9. The van der Waals surface area contributed by atoms with Crippen molar-refractivity contribution in [2.24, 2.45) is 5.10 Å². The number of nitrogens with zero attached hydrogens (tertiary/aromatic N) is 4. The van der Waals surface area contributed by atoms with Crippen molar-refractivity contribution in [2.75, 3.05) is 42.2 Å². The first-order valence-corrected chi connectivity index (χ1v) is 14.0. The lowest BCUT2D eigenvalue weighted by atomic mass is 10.1. The van der Waals surface area contributed by atoms with E-state index >= 15 is 0 Å². The van der Waals surface area contributed by atoms with Gasteiger partial charge in [0.15, 0.2) is 0 Å². The molecule has 1 aromatic heterocycles. The third-order valence-corrected chi connectivity index (χ3v) is 9.52. The van der Waals surface area contributed by atoms with Crippen LogP contribution in [0.1, 0.15) is 51.5 Å². The van der Waals surface area contributed by atoms with E-state index in [9.17, 15) is 10.2 Å². The summed E-state index contributed by atoms with van der Waals surface area (Å²) in [5.41, 5.74) is 9.00. The zero-order valence-electron chi connectivity index (χ0n) is 20.1. The van der Waals surface area contributed by atoms with Crippen molar-refractivity contribution in [3.8, 4) is 6.07 Å². The second-order valence-corrected chi connectivity index (χ2v) is 11.1. The molecule has 1 atom stereocenters. The summed E-state index contributed by atoms with van der Waals surface area (Å²) in [6, 6.07) is 12.0. The summed E-state index contributed by atoms with van der Waals surface area (Å²) < 4.78 is 0.659. The van der Waals surface area contributed by atoms with E-state index in [1.165, 1.54) is 30.6 Å². The van der Waals surface area contributed by atoms with Gasteiger partial charge in [0.1, 0.15) is 16.6 Å². The van der Waals surface area contributed by atoms with Crippen molar-refractivity contribution in [3.05, 3.63) is 46.9 Å². The number of allylic oxidation sites excluding steroid dienone is 2. The smallest absolute Gasteiger partial charge is 0.110 e. The van der Waals surface area contributed by atoms with E-state index in [1.807, 2.05) is 44.2 Å². The SMILES string of the molecule is C=NN(/C(CC)=C(\CC)P(O)c1sc(NCCN2CCCCC2)c(C#N)c1N)c1ccccc1. The maximum Gasteiger partial charge on any atom is 0.110 e. The molecule has 0 spiro atoms. The number of nitrogen functional groups attached to an aromatic ring is 1. The molecule has 1 unspecified atom stereocenters. The molecule has 0 aliphatic carbocycles. The largest absolute Gasteiger partial charge is 0.396 e. The van der Waals surface area contributed by atoms with Crippen LogP contribution in [0.5, 0.6) is 0 Å². The van der Waals surface area contributed by atoms with E-state index in [4.69, 9.17) is 5.73 Å². The highest BCUT2D eigenvalue weighted by Crippen LogP contribution is 2.50. The lowest BCUT2D eigenvalue weighted by Gasteiger charge is -2.26. The van der Waals surface area contributed by atoms with Crippen LogP contribution in [-0.2, 0) is 0 Å². The lowest BCUT2D eigenvalue weighted by molar-refractivity contribution is 0.237. The summed E-state index contributed by atoms with van der Waals surface area (Å²) >= 11 is 1.39. The predicted octanol–water partition coefficient (Wildman–Crippen LogP) is 5.27. The van der Waals surface area contributed by atoms with Gasteiger partial charge in [-0.05, 0) is 50.9 Å². The number of rotatable bonds is 11. The zero-order valence-corrected chi connectivity index (χ0v) is 21.8. The van der Waals surface area contributed by atoms with Crippen LogP contribution >= 0.6 is 19.5 Å². The molecule has 1 aromatic carbocycles. The highest BCUT2D eigenvalue weighted by molar-refractivity contribution is 7.71. The quantitative estimate of drug-likeness (QED) is 0.222. The average molecular weight is 499 g/mol. The number of benzene rings is 1. The molecule has 182 valence electrons. The van der Waals surface area contributed by atoms with Gasteiger partial charge in [-0.3, -0.25) is 0 Å². The molecule has 7 nitrogen and oxygen atoms in total. The molecule has 1 aliphatic heterocycles. The van der Waals surface area contributed by atoms with Crippen LogP contribution in [0.2, 0.25) is 0 Å².